The van der Waals surface area contributed by atoms with Crippen LogP contribution in [0.1, 0.15) is 17.9 Å². The smallest absolute Gasteiger partial charge is 0.223 e. The van der Waals surface area contributed by atoms with Crippen LogP contribution in [0.3, 0.4) is 0 Å². The molecule has 9 heteroatoms. The maximum atomic E-state index is 13.0. The highest BCUT2D eigenvalue weighted by molar-refractivity contribution is 6.30. The quantitative estimate of drug-likeness (QED) is 0.619. The van der Waals surface area contributed by atoms with Crippen molar-refractivity contribution in [1.82, 2.24) is 30.1 Å². The summed E-state index contributed by atoms with van der Waals surface area (Å²) in [7, 11) is 0. The zero-order chi connectivity index (χ0) is 20.1. The highest BCUT2D eigenvalue weighted by atomic mass is 35.5. The molecular formula is C20H22ClN7O. The number of carbonyl (C=O) groups excluding carboxylic acids is 1. The monoisotopic (exact) mass is 411 g/mol. The van der Waals surface area contributed by atoms with E-state index in [1.54, 1.807) is 17.2 Å². The van der Waals surface area contributed by atoms with Crippen molar-refractivity contribution in [3.05, 3.63) is 65.6 Å². The van der Waals surface area contributed by atoms with Crippen LogP contribution in [0.5, 0.6) is 0 Å². The SMILES string of the molecule is O=C(C[C@H](Cn1cnnn1)c1ccc(Cl)cc1)N1CCN(c2ccccn2)CC1. The summed E-state index contributed by atoms with van der Waals surface area (Å²) in [6, 6.07) is 13.5. The Morgan fingerprint density at radius 1 is 1.07 bits per heavy atom. The zero-order valence-electron chi connectivity index (χ0n) is 15.9. The number of halogens is 1. The lowest BCUT2D eigenvalue weighted by atomic mass is 9.95. The van der Waals surface area contributed by atoms with Gasteiger partial charge in [0, 0.05) is 49.7 Å². The molecule has 1 amide bonds. The third-order valence-corrected chi connectivity index (χ3v) is 5.42. The number of nitrogens with zero attached hydrogens (tertiary/aromatic N) is 7. The first-order chi connectivity index (χ1) is 14.2. The van der Waals surface area contributed by atoms with Gasteiger partial charge in [-0.25, -0.2) is 9.67 Å². The number of pyridine rings is 1. The predicted octanol–water partition coefficient (Wildman–Crippen LogP) is 2.24. The average Bonchev–Trinajstić information content (AvgIpc) is 3.28. The van der Waals surface area contributed by atoms with E-state index in [1.165, 1.54) is 0 Å². The summed E-state index contributed by atoms with van der Waals surface area (Å²) < 4.78 is 1.66. The Morgan fingerprint density at radius 3 is 2.52 bits per heavy atom. The van der Waals surface area contributed by atoms with E-state index >= 15 is 0 Å². The van der Waals surface area contributed by atoms with Crippen molar-refractivity contribution in [2.75, 3.05) is 31.1 Å². The molecule has 1 fully saturated rings. The van der Waals surface area contributed by atoms with Gasteiger partial charge in [-0.15, -0.1) is 5.10 Å². The second kappa shape index (κ2) is 9.00. The summed E-state index contributed by atoms with van der Waals surface area (Å²) in [5.74, 6) is 1.06. The fourth-order valence-electron chi connectivity index (χ4n) is 3.58. The molecule has 3 heterocycles. The Bertz CT molecular complexity index is 910. The van der Waals surface area contributed by atoms with Crippen molar-refractivity contribution in [1.29, 1.82) is 0 Å². The molecule has 1 aromatic carbocycles. The van der Waals surface area contributed by atoms with Crippen LogP contribution >= 0.6 is 11.6 Å². The summed E-state index contributed by atoms with van der Waals surface area (Å²) >= 11 is 6.03. The van der Waals surface area contributed by atoms with E-state index < -0.39 is 0 Å². The summed E-state index contributed by atoms with van der Waals surface area (Å²) in [4.78, 5) is 21.6. The van der Waals surface area contributed by atoms with E-state index in [0.717, 1.165) is 24.5 Å². The molecule has 1 saturated heterocycles. The Labute approximate surface area is 174 Å². The molecule has 0 unspecified atom stereocenters. The van der Waals surface area contributed by atoms with E-state index in [2.05, 4.69) is 25.4 Å². The van der Waals surface area contributed by atoms with Crippen molar-refractivity contribution in [2.45, 2.75) is 18.9 Å². The van der Waals surface area contributed by atoms with Crippen molar-refractivity contribution in [2.24, 2.45) is 0 Å². The lowest BCUT2D eigenvalue weighted by Crippen LogP contribution is -2.49. The molecule has 0 radical (unpaired) electrons. The van der Waals surface area contributed by atoms with Gasteiger partial charge in [0.05, 0.1) is 6.54 Å². The van der Waals surface area contributed by atoms with Crippen molar-refractivity contribution < 1.29 is 4.79 Å². The van der Waals surface area contributed by atoms with Gasteiger partial charge in [-0.1, -0.05) is 29.8 Å². The summed E-state index contributed by atoms with van der Waals surface area (Å²) in [5, 5.41) is 12.0. The molecule has 0 saturated carbocycles. The van der Waals surface area contributed by atoms with Crippen LogP contribution in [-0.2, 0) is 11.3 Å². The fraction of sp³-hybridized carbons (Fsp3) is 0.350. The number of amides is 1. The number of anilines is 1. The Hall–Kier alpha value is -3.00. The van der Waals surface area contributed by atoms with Gasteiger partial charge < -0.3 is 9.80 Å². The van der Waals surface area contributed by atoms with E-state index in [0.29, 0.717) is 31.1 Å². The van der Waals surface area contributed by atoms with Gasteiger partial charge in [-0.2, -0.15) is 0 Å². The first-order valence-corrected chi connectivity index (χ1v) is 9.97. The molecule has 0 aliphatic carbocycles. The third kappa shape index (κ3) is 4.89. The molecule has 1 atom stereocenters. The van der Waals surface area contributed by atoms with Crippen molar-refractivity contribution in [3.63, 3.8) is 0 Å². The van der Waals surface area contributed by atoms with Crippen LogP contribution in [0.15, 0.2) is 55.0 Å². The molecule has 0 spiro atoms. The molecule has 0 bridgehead atoms. The van der Waals surface area contributed by atoms with E-state index in [9.17, 15) is 4.79 Å². The van der Waals surface area contributed by atoms with Crippen LogP contribution in [0.25, 0.3) is 0 Å². The highest BCUT2D eigenvalue weighted by Gasteiger charge is 2.25. The van der Waals surface area contributed by atoms with Crippen LogP contribution < -0.4 is 4.90 Å². The first kappa shape index (κ1) is 19.3. The standard InChI is InChI=1S/C20H22ClN7O/c21-18-6-4-16(5-7-18)17(14-28-15-23-24-25-28)13-20(29)27-11-9-26(10-12-27)19-3-1-2-8-22-19/h1-8,15,17H,9-14H2/t17-/m1/s1. The van der Waals surface area contributed by atoms with E-state index in [1.807, 2.05) is 47.4 Å². The first-order valence-electron chi connectivity index (χ1n) is 9.59. The summed E-state index contributed by atoms with van der Waals surface area (Å²) in [6.45, 7) is 3.47. The number of carbonyl (C=O) groups is 1. The topological polar surface area (TPSA) is 80.0 Å². The predicted molar refractivity (Wildman–Crippen MR) is 110 cm³/mol. The molecule has 29 heavy (non-hydrogen) atoms. The minimum Gasteiger partial charge on any atom is -0.353 e. The van der Waals surface area contributed by atoms with Crippen LogP contribution in [-0.4, -0.2) is 62.2 Å². The Morgan fingerprint density at radius 2 is 1.86 bits per heavy atom. The molecule has 1 aliphatic rings. The van der Waals surface area contributed by atoms with Crippen LogP contribution in [0.2, 0.25) is 5.02 Å². The van der Waals surface area contributed by atoms with Crippen molar-refractivity contribution >= 4 is 23.3 Å². The molecule has 1 aliphatic heterocycles. The maximum absolute atomic E-state index is 13.0. The molecule has 2 aromatic heterocycles. The number of benzene rings is 1. The maximum Gasteiger partial charge on any atom is 0.223 e. The molecule has 3 aromatic rings. The number of hydrogen-bond donors (Lipinski definition) is 0. The number of hydrogen-bond acceptors (Lipinski definition) is 6. The third-order valence-electron chi connectivity index (χ3n) is 5.17. The lowest BCUT2D eigenvalue weighted by molar-refractivity contribution is -0.132. The summed E-state index contributed by atoms with van der Waals surface area (Å²) in [5.41, 5.74) is 1.05. The second-order valence-electron chi connectivity index (χ2n) is 7.04. The van der Waals surface area contributed by atoms with Gasteiger partial charge in [0.25, 0.3) is 0 Å². The van der Waals surface area contributed by atoms with Gasteiger partial charge in [0.2, 0.25) is 5.91 Å². The van der Waals surface area contributed by atoms with Gasteiger partial charge in [-0.05, 0) is 40.3 Å². The number of piperazine rings is 1. The number of aromatic nitrogens is 5. The largest absolute Gasteiger partial charge is 0.353 e. The van der Waals surface area contributed by atoms with Crippen LogP contribution in [0, 0.1) is 0 Å². The van der Waals surface area contributed by atoms with Crippen LogP contribution in [0.4, 0.5) is 5.82 Å². The lowest BCUT2D eigenvalue weighted by Gasteiger charge is -2.36. The highest BCUT2D eigenvalue weighted by Crippen LogP contribution is 2.25. The van der Waals surface area contributed by atoms with Gasteiger partial charge >= 0.3 is 0 Å². The molecule has 4 rings (SSSR count). The van der Waals surface area contributed by atoms with E-state index in [4.69, 9.17) is 11.6 Å². The fourth-order valence-corrected chi connectivity index (χ4v) is 3.70. The molecule has 8 nitrogen and oxygen atoms in total. The van der Waals surface area contributed by atoms with Gasteiger partial charge in [0.15, 0.2) is 0 Å². The van der Waals surface area contributed by atoms with E-state index in [-0.39, 0.29) is 11.8 Å². The Kier molecular flexibility index (Phi) is 6.00. The van der Waals surface area contributed by atoms with Gasteiger partial charge in [-0.3, -0.25) is 4.79 Å². The minimum absolute atomic E-state index is 0.0305. The number of rotatable bonds is 6. The van der Waals surface area contributed by atoms with Gasteiger partial charge in [0.1, 0.15) is 12.1 Å². The Balaban J connectivity index is 1.40. The normalized spacial score (nSPS) is 15.3. The average molecular weight is 412 g/mol. The second-order valence-corrected chi connectivity index (χ2v) is 7.48. The molecule has 150 valence electrons. The minimum atomic E-state index is -0.0305. The molecular weight excluding hydrogens is 390 g/mol. The molecule has 0 N–H and O–H groups in total. The summed E-state index contributed by atoms with van der Waals surface area (Å²) in [6.07, 6.45) is 3.76. The number of tetrazole rings is 1. The van der Waals surface area contributed by atoms with Crippen molar-refractivity contribution in [3.8, 4) is 0 Å². The zero-order valence-corrected chi connectivity index (χ0v) is 16.7.